The molecule has 0 aromatic carbocycles. The Bertz CT molecular complexity index is 224. The SMILES string of the molecule is C=CS(C)(C)(=O)OC(=O)O. The monoisotopic (exact) mass is 166 g/mol. The molecule has 0 aromatic heterocycles. The number of hydrogen-bond acceptors (Lipinski definition) is 3. The molecule has 0 aliphatic rings. The lowest BCUT2D eigenvalue weighted by Crippen LogP contribution is -2.31. The summed E-state index contributed by atoms with van der Waals surface area (Å²) in [6.07, 6.45) is 0.832. The Labute approximate surface area is 59.1 Å². The molecule has 0 aromatic rings. The van der Waals surface area contributed by atoms with Gasteiger partial charge in [0, 0.05) is 17.9 Å². The fourth-order valence-corrected chi connectivity index (χ4v) is 0.741. The van der Waals surface area contributed by atoms with E-state index in [-0.39, 0.29) is 0 Å². The van der Waals surface area contributed by atoms with E-state index in [1.165, 1.54) is 12.5 Å². The molecule has 0 saturated heterocycles. The summed E-state index contributed by atoms with van der Waals surface area (Å²) in [6, 6.07) is 0. The molecule has 5 heteroatoms. The predicted octanol–water partition coefficient (Wildman–Crippen LogP) is 0.819. The fraction of sp³-hybridized carbons (Fsp3) is 0.400. The molecule has 0 rings (SSSR count). The van der Waals surface area contributed by atoms with Gasteiger partial charge in [-0.25, -0.2) is 4.79 Å². The first-order chi connectivity index (χ1) is 4.24. The van der Waals surface area contributed by atoms with E-state index in [2.05, 4.69) is 10.8 Å². The van der Waals surface area contributed by atoms with Gasteiger partial charge < -0.3 is 9.29 Å². The van der Waals surface area contributed by atoms with Crippen LogP contribution < -0.4 is 0 Å². The molecule has 1 N–H and O–H groups in total. The number of rotatable bonds is 2. The van der Waals surface area contributed by atoms with Crippen molar-refractivity contribution < 1.29 is 18.3 Å². The Balaban J connectivity index is 4.57. The molecule has 0 atom stereocenters. The molecule has 0 radical (unpaired) electrons. The normalized spacial score (nSPS) is 14.8. The minimum Gasteiger partial charge on any atom is -0.448 e. The second-order valence-corrected chi connectivity index (χ2v) is 6.44. The van der Waals surface area contributed by atoms with Crippen LogP contribution in [0.1, 0.15) is 0 Å². The van der Waals surface area contributed by atoms with Crippen molar-refractivity contribution in [3.05, 3.63) is 12.0 Å². The third kappa shape index (κ3) is 3.24. The van der Waals surface area contributed by atoms with E-state index in [0.29, 0.717) is 0 Å². The Kier molecular flexibility index (Phi) is 1.91. The van der Waals surface area contributed by atoms with Gasteiger partial charge in [0.25, 0.3) is 0 Å². The van der Waals surface area contributed by atoms with E-state index < -0.39 is 15.5 Å². The fourth-order valence-electron chi connectivity index (χ4n) is 0.247. The topological polar surface area (TPSA) is 63.6 Å². The van der Waals surface area contributed by atoms with Gasteiger partial charge in [0.05, 0.1) is 0 Å². The molecule has 0 aliphatic carbocycles. The highest BCUT2D eigenvalue weighted by molar-refractivity contribution is 8.17. The summed E-state index contributed by atoms with van der Waals surface area (Å²) in [4.78, 5) is 9.94. The molecule has 10 heavy (non-hydrogen) atoms. The van der Waals surface area contributed by atoms with Gasteiger partial charge in [-0.15, -0.1) is 9.35 Å². The van der Waals surface area contributed by atoms with Crippen molar-refractivity contribution in [1.29, 1.82) is 0 Å². The van der Waals surface area contributed by atoms with Crippen LogP contribution in [0.2, 0.25) is 0 Å². The van der Waals surface area contributed by atoms with Gasteiger partial charge in [-0.05, 0) is 0 Å². The highest BCUT2D eigenvalue weighted by atomic mass is 32.3. The van der Waals surface area contributed by atoms with Crippen molar-refractivity contribution in [2.75, 3.05) is 12.5 Å². The van der Waals surface area contributed by atoms with Crippen molar-refractivity contribution in [1.82, 2.24) is 0 Å². The average molecular weight is 166 g/mol. The molecule has 0 unspecified atom stereocenters. The molecule has 0 fully saturated rings. The van der Waals surface area contributed by atoms with Gasteiger partial charge in [-0.3, -0.25) is 0 Å². The zero-order chi connectivity index (χ0) is 8.44. The highest BCUT2D eigenvalue weighted by Crippen LogP contribution is 2.19. The molecule has 0 bridgehead atoms. The first-order valence-electron chi connectivity index (χ1n) is 2.43. The lowest BCUT2D eigenvalue weighted by Gasteiger charge is -2.33. The van der Waals surface area contributed by atoms with Crippen molar-refractivity contribution in [2.24, 2.45) is 0 Å². The zero-order valence-electron chi connectivity index (χ0n) is 5.86. The highest BCUT2D eigenvalue weighted by Gasteiger charge is 2.18. The van der Waals surface area contributed by atoms with Gasteiger partial charge in [-0.1, -0.05) is 6.58 Å². The average Bonchev–Trinajstić information content (AvgIpc) is 1.61. The van der Waals surface area contributed by atoms with Crippen molar-refractivity contribution in [3.63, 3.8) is 0 Å². The van der Waals surface area contributed by atoms with E-state index in [1.54, 1.807) is 0 Å². The maximum Gasteiger partial charge on any atom is 0.527 e. The Morgan fingerprint density at radius 3 is 2.20 bits per heavy atom. The van der Waals surface area contributed by atoms with Gasteiger partial charge >= 0.3 is 6.16 Å². The largest absolute Gasteiger partial charge is 0.527 e. The van der Waals surface area contributed by atoms with E-state index in [4.69, 9.17) is 5.11 Å². The van der Waals surface area contributed by atoms with Crippen molar-refractivity contribution in [3.8, 4) is 0 Å². The summed E-state index contributed by atoms with van der Waals surface area (Å²) in [7, 11) is -3.55. The third-order valence-corrected chi connectivity index (χ3v) is 2.37. The Morgan fingerprint density at radius 1 is 1.70 bits per heavy atom. The van der Waals surface area contributed by atoms with E-state index in [1.807, 2.05) is 0 Å². The molecule has 0 saturated carbocycles. The van der Waals surface area contributed by atoms with Crippen LogP contribution in [0, 0.1) is 0 Å². The van der Waals surface area contributed by atoms with E-state index in [9.17, 15) is 9.00 Å². The predicted molar refractivity (Wildman–Crippen MR) is 39.3 cm³/mol. The number of carbonyl (C=O) groups is 1. The van der Waals surface area contributed by atoms with Crippen LogP contribution in [0.4, 0.5) is 4.79 Å². The van der Waals surface area contributed by atoms with Crippen LogP contribution >= 0.6 is 0 Å². The van der Waals surface area contributed by atoms with Crippen LogP contribution in [-0.2, 0) is 13.5 Å². The molecule has 4 nitrogen and oxygen atoms in total. The first kappa shape index (κ1) is 9.16. The smallest absolute Gasteiger partial charge is 0.448 e. The standard InChI is InChI=1S/C5H10O4S/c1-4-10(2,3,8)9-5(6)7/h4H,1H2,2-3H3,(H,6,7). The number of hydrogen-bond donors (Lipinski definition) is 1. The Morgan fingerprint density at radius 2 is 2.10 bits per heavy atom. The van der Waals surface area contributed by atoms with Crippen LogP contribution in [-0.4, -0.2) is 28.0 Å². The van der Waals surface area contributed by atoms with Crippen LogP contribution in [0.25, 0.3) is 0 Å². The molecule has 60 valence electrons. The van der Waals surface area contributed by atoms with Crippen LogP contribution in [0.3, 0.4) is 0 Å². The zero-order valence-corrected chi connectivity index (χ0v) is 6.68. The second-order valence-electron chi connectivity index (χ2n) is 2.32. The second kappa shape index (κ2) is 2.09. The van der Waals surface area contributed by atoms with Crippen molar-refractivity contribution in [2.45, 2.75) is 0 Å². The minimum atomic E-state index is -3.55. The van der Waals surface area contributed by atoms with Gasteiger partial charge in [-0.2, -0.15) is 4.21 Å². The van der Waals surface area contributed by atoms with E-state index in [0.717, 1.165) is 5.41 Å². The van der Waals surface area contributed by atoms with Gasteiger partial charge in [0.1, 0.15) is 0 Å². The summed E-state index contributed by atoms with van der Waals surface area (Å²) in [6.45, 7) is 3.20. The summed E-state index contributed by atoms with van der Waals surface area (Å²) in [5.41, 5.74) is 0. The van der Waals surface area contributed by atoms with E-state index >= 15 is 0 Å². The molecular formula is C5H10O4S. The molecule has 0 aliphatic heterocycles. The Hall–Kier alpha value is -0.840. The molecule has 0 spiro atoms. The van der Waals surface area contributed by atoms with Gasteiger partial charge in [0.2, 0.25) is 0 Å². The number of carboxylic acid groups (broad SMARTS) is 1. The van der Waals surface area contributed by atoms with Crippen LogP contribution in [0.15, 0.2) is 12.0 Å². The van der Waals surface area contributed by atoms with Gasteiger partial charge in [0.15, 0.2) is 0 Å². The molecule has 0 amide bonds. The maximum absolute atomic E-state index is 11.2. The van der Waals surface area contributed by atoms with Crippen molar-refractivity contribution >= 4 is 15.5 Å². The minimum absolute atomic E-state index is 1.01. The molecular weight excluding hydrogens is 156 g/mol. The maximum atomic E-state index is 11.2. The lowest BCUT2D eigenvalue weighted by molar-refractivity contribution is 0.148. The quantitative estimate of drug-likeness (QED) is 0.659. The summed E-state index contributed by atoms with van der Waals surface area (Å²) in [5, 5.41) is 9.11. The van der Waals surface area contributed by atoms with Crippen LogP contribution in [0.5, 0.6) is 0 Å². The lowest BCUT2D eigenvalue weighted by atomic mass is 11.3. The summed E-state index contributed by atoms with van der Waals surface area (Å²) in [5.74, 6) is 0. The third-order valence-electron chi connectivity index (χ3n) is 0.790. The summed E-state index contributed by atoms with van der Waals surface area (Å²) < 4.78 is 15.4. The molecule has 0 heterocycles. The summed E-state index contributed by atoms with van der Waals surface area (Å²) >= 11 is 0. The first-order valence-corrected chi connectivity index (χ1v) is 5.20.